The van der Waals surface area contributed by atoms with Gasteiger partial charge in [0.25, 0.3) is 5.91 Å². The van der Waals surface area contributed by atoms with Crippen LogP contribution in [0.4, 0.5) is 0 Å². The Balaban J connectivity index is 1.83. The van der Waals surface area contributed by atoms with E-state index in [9.17, 15) is 4.79 Å². The van der Waals surface area contributed by atoms with Crippen molar-refractivity contribution in [3.05, 3.63) is 59.5 Å². The van der Waals surface area contributed by atoms with E-state index in [1.54, 1.807) is 12.5 Å². The first-order valence-electron chi connectivity index (χ1n) is 6.18. The lowest BCUT2D eigenvalue weighted by atomic mass is 10.1. The smallest absolute Gasteiger partial charge is 0.251 e. The van der Waals surface area contributed by atoms with E-state index in [-0.39, 0.29) is 5.91 Å². The summed E-state index contributed by atoms with van der Waals surface area (Å²) in [6, 6.07) is 9.62. The zero-order valence-corrected chi connectivity index (χ0v) is 10.5. The summed E-state index contributed by atoms with van der Waals surface area (Å²) in [7, 11) is 0. The molecule has 0 atom stereocenters. The molecule has 0 aliphatic carbocycles. The van der Waals surface area contributed by atoms with Crippen LogP contribution in [-0.2, 0) is 12.8 Å². The molecule has 2 aromatic rings. The first kappa shape index (κ1) is 12.4. The normalized spacial score (nSPS) is 10.3. The van der Waals surface area contributed by atoms with Crippen LogP contribution in [0.25, 0.3) is 0 Å². The highest BCUT2D eigenvalue weighted by atomic mass is 16.3. The van der Waals surface area contributed by atoms with Gasteiger partial charge in [0.15, 0.2) is 0 Å². The maximum absolute atomic E-state index is 11.8. The lowest BCUT2D eigenvalue weighted by Gasteiger charge is -2.05. The fourth-order valence-corrected chi connectivity index (χ4v) is 1.75. The van der Waals surface area contributed by atoms with Crippen molar-refractivity contribution in [1.82, 2.24) is 5.32 Å². The van der Waals surface area contributed by atoms with Crippen molar-refractivity contribution in [1.29, 1.82) is 0 Å². The first-order chi connectivity index (χ1) is 8.79. The van der Waals surface area contributed by atoms with E-state index in [2.05, 4.69) is 12.2 Å². The average molecular weight is 243 g/mol. The molecule has 1 N–H and O–H groups in total. The molecule has 0 saturated carbocycles. The molecule has 0 aliphatic rings. The van der Waals surface area contributed by atoms with Gasteiger partial charge >= 0.3 is 0 Å². The predicted molar refractivity (Wildman–Crippen MR) is 70.6 cm³/mol. The van der Waals surface area contributed by atoms with E-state index in [1.165, 1.54) is 5.56 Å². The Labute approximate surface area is 107 Å². The predicted octanol–water partition coefficient (Wildman–Crippen LogP) is 2.81. The first-order valence-corrected chi connectivity index (χ1v) is 6.18. The molecule has 0 aliphatic heterocycles. The largest absolute Gasteiger partial charge is 0.472 e. The lowest BCUT2D eigenvalue weighted by Crippen LogP contribution is -2.25. The van der Waals surface area contributed by atoms with E-state index < -0.39 is 0 Å². The molecule has 1 aromatic carbocycles. The number of aryl methyl sites for hydroxylation is 1. The highest BCUT2D eigenvalue weighted by Gasteiger charge is 2.04. The van der Waals surface area contributed by atoms with Crippen LogP contribution < -0.4 is 5.32 Å². The van der Waals surface area contributed by atoms with Crippen LogP contribution >= 0.6 is 0 Å². The van der Waals surface area contributed by atoms with E-state index in [0.29, 0.717) is 12.1 Å². The Morgan fingerprint density at radius 1 is 1.17 bits per heavy atom. The number of rotatable bonds is 5. The third kappa shape index (κ3) is 3.23. The Hall–Kier alpha value is -2.03. The van der Waals surface area contributed by atoms with E-state index in [4.69, 9.17) is 4.42 Å². The van der Waals surface area contributed by atoms with Gasteiger partial charge in [0.1, 0.15) is 0 Å². The van der Waals surface area contributed by atoms with E-state index >= 15 is 0 Å². The molecule has 0 radical (unpaired) electrons. The van der Waals surface area contributed by atoms with Crippen LogP contribution in [0.5, 0.6) is 0 Å². The van der Waals surface area contributed by atoms with Crippen molar-refractivity contribution in [3.63, 3.8) is 0 Å². The number of hydrogen-bond acceptors (Lipinski definition) is 2. The van der Waals surface area contributed by atoms with Crippen LogP contribution in [0, 0.1) is 0 Å². The summed E-state index contributed by atoms with van der Waals surface area (Å²) in [5, 5.41) is 2.89. The van der Waals surface area contributed by atoms with E-state index in [0.717, 1.165) is 18.4 Å². The molecule has 3 heteroatoms. The quantitative estimate of drug-likeness (QED) is 0.877. The van der Waals surface area contributed by atoms with Crippen LogP contribution in [0.15, 0.2) is 47.3 Å². The zero-order chi connectivity index (χ0) is 12.8. The average Bonchev–Trinajstić information content (AvgIpc) is 2.92. The highest BCUT2D eigenvalue weighted by Crippen LogP contribution is 2.05. The number of furan rings is 1. The minimum atomic E-state index is -0.0267. The Bertz CT molecular complexity index is 486. The van der Waals surface area contributed by atoms with Crippen molar-refractivity contribution in [2.45, 2.75) is 19.8 Å². The maximum Gasteiger partial charge on any atom is 0.251 e. The number of benzene rings is 1. The summed E-state index contributed by atoms with van der Waals surface area (Å²) in [6.45, 7) is 2.72. The number of nitrogens with one attached hydrogen (secondary N) is 1. The number of amides is 1. The van der Waals surface area contributed by atoms with Gasteiger partial charge < -0.3 is 9.73 Å². The summed E-state index contributed by atoms with van der Waals surface area (Å²) < 4.78 is 4.97. The molecule has 1 aromatic heterocycles. The van der Waals surface area contributed by atoms with Crippen LogP contribution in [0.3, 0.4) is 0 Å². The second-order valence-corrected chi connectivity index (χ2v) is 4.19. The van der Waals surface area contributed by atoms with Gasteiger partial charge in [0.2, 0.25) is 0 Å². The molecule has 0 unspecified atom stereocenters. The molecule has 0 fully saturated rings. The molecule has 3 nitrogen and oxygen atoms in total. The molecule has 2 rings (SSSR count). The highest BCUT2D eigenvalue weighted by molar-refractivity contribution is 5.94. The topological polar surface area (TPSA) is 42.2 Å². The van der Waals surface area contributed by atoms with Crippen molar-refractivity contribution < 1.29 is 9.21 Å². The Morgan fingerprint density at radius 3 is 2.56 bits per heavy atom. The molecule has 94 valence electrons. The van der Waals surface area contributed by atoms with Crippen LogP contribution in [-0.4, -0.2) is 12.5 Å². The van der Waals surface area contributed by atoms with Crippen LogP contribution in [0.2, 0.25) is 0 Å². The fourth-order valence-electron chi connectivity index (χ4n) is 1.75. The minimum Gasteiger partial charge on any atom is -0.472 e. The second-order valence-electron chi connectivity index (χ2n) is 4.19. The van der Waals surface area contributed by atoms with Crippen LogP contribution in [0.1, 0.15) is 28.4 Å². The zero-order valence-electron chi connectivity index (χ0n) is 10.5. The summed E-state index contributed by atoms with van der Waals surface area (Å²) in [6.07, 6.45) is 5.11. The maximum atomic E-state index is 11.8. The molecule has 0 bridgehead atoms. The molecule has 1 amide bonds. The molecule has 0 spiro atoms. The van der Waals surface area contributed by atoms with Crippen molar-refractivity contribution >= 4 is 5.91 Å². The van der Waals surface area contributed by atoms with Gasteiger partial charge in [0, 0.05) is 12.1 Å². The Morgan fingerprint density at radius 2 is 1.94 bits per heavy atom. The van der Waals surface area contributed by atoms with Crippen molar-refractivity contribution in [2.75, 3.05) is 6.54 Å². The third-order valence-electron chi connectivity index (χ3n) is 2.90. The number of carbonyl (C=O) groups is 1. The molecule has 18 heavy (non-hydrogen) atoms. The molecule has 0 saturated heterocycles. The fraction of sp³-hybridized carbons (Fsp3) is 0.267. The van der Waals surface area contributed by atoms with Gasteiger partial charge in [-0.15, -0.1) is 0 Å². The molecular formula is C15H17NO2. The SMILES string of the molecule is CCc1ccc(C(=O)NCCc2ccoc2)cc1. The number of carbonyl (C=O) groups excluding carboxylic acids is 1. The Kier molecular flexibility index (Phi) is 4.18. The minimum absolute atomic E-state index is 0.0267. The summed E-state index contributed by atoms with van der Waals surface area (Å²) in [5.41, 5.74) is 3.04. The summed E-state index contributed by atoms with van der Waals surface area (Å²) in [5.74, 6) is -0.0267. The van der Waals surface area contributed by atoms with Gasteiger partial charge in [-0.3, -0.25) is 4.79 Å². The lowest BCUT2D eigenvalue weighted by molar-refractivity contribution is 0.0954. The molecule has 1 heterocycles. The summed E-state index contributed by atoms with van der Waals surface area (Å²) in [4.78, 5) is 11.8. The van der Waals surface area contributed by atoms with Gasteiger partial charge in [-0.2, -0.15) is 0 Å². The monoisotopic (exact) mass is 243 g/mol. The van der Waals surface area contributed by atoms with Crippen molar-refractivity contribution in [2.24, 2.45) is 0 Å². The van der Waals surface area contributed by atoms with Gasteiger partial charge in [0.05, 0.1) is 12.5 Å². The number of hydrogen-bond donors (Lipinski definition) is 1. The van der Waals surface area contributed by atoms with Gasteiger partial charge in [-0.1, -0.05) is 19.1 Å². The molecular weight excluding hydrogens is 226 g/mol. The second kappa shape index (κ2) is 6.05. The van der Waals surface area contributed by atoms with Gasteiger partial charge in [-0.25, -0.2) is 0 Å². The standard InChI is InChI=1S/C15H17NO2/c1-2-12-3-5-14(6-4-12)15(17)16-9-7-13-8-10-18-11-13/h3-6,8,10-11H,2,7,9H2,1H3,(H,16,17). The van der Waals surface area contributed by atoms with Crippen molar-refractivity contribution in [3.8, 4) is 0 Å². The van der Waals surface area contributed by atoms with E-state index in [1.807, 2.05) is 30.3 Å². The third-order valence-corrected chi connectivity index (χ3v) is 2.90. The summed E-state index contributed by atoms with van der Waals surface area (Å²) >= 11 is 0. The van der Waals surface area contributed by atoms with Gasteiger partial charge in [-0.05, 0) is 42.2 Å².